The fourth-order valence-corrected chi connectivity index (χ4v) is 2.85. The smallest absolute Gasteiger partial charge is 0.350 e. The number of alkyl halides is 3. The Morgan fingerprint density at radius 3 is 2.48 bits per heavy atom. The summed E-state index contributed by atoms with van der Waals surface area (Å²) in [5, 5.41) is 2.67. The van der Waals surface area contributed by atoms with Gasteiger partial charge in [-0.1, -0.05) is 30.3 Å². The highest BCUT2D eigenvalue weighted by Gasteiger charge is 2.39. The topological polar surface area (TPSA) is 45.2 Å². The minimum absolute atomic E-state index is 0.177. The normalized spacial score (nSPS) is 11.7. The molecular formula is C15H16F3N3OS. The third-order valence-electron chi connectivity index (χ3n) is 2.97. The Kier molecular flexibility index (Phi) is 5.38. The van der Waals surface area contributed by atoms with E-state index in [1.807, 2.05) is 19.0 Å². The molecule has 1 aromatic carbocycles. The van der Waals surface area contributed by atoms with E-state index in [1.165, 1.54) is 0 Å². The van der Waals surface area contributed by atoms with Crippen LogP contribution in [-0.4, -0.2) is 43.0 Å². The van der Waals surface area contributed by atoms with Crippen molar-refractivity contribution in [2.45, 2.75) is 6.18 Å². The van der Waals surface area contributed by atoms with Gasteiger partial charge in [-0.2, -0.15) is 13.2 Å². The summed E-state index contributed by atoms with van der Waals surface area (Å²) in [6, 6.07) is 8.50. The average molecular weight is 343 g/mol. The Hall–Kier alpha value is -1.93. The molecule has 2 rings (SSSR count). The zero-order valence-corrected chi connectivity index (χ0v) is 13.5. The number of thiazole rings is 1. The third kappa shape index (κ3) is 4.52. The first-order valence-electron chi connectivity index (χ1n) is 6.85. The van der Waals surface area contributed by atoms with Crippen molar-refractivity contribution in [3.8, 4) is 10.6 Å². The van der Waals surface area contributed by atoms with E-state index in [1.54, 1.807) is 30.3 Å². The van der Waals surface area contributed by atoms with Gasteiger partial charge in [0.1, 0.15) is 9.88 Å². The summed E-state index contributed by atoms with van der Waals surface area (Å²) in [4.78, 5) is 17.1. The summed E-state index contributed by atoms with van der Waals surface area (Å²) >= 11 is 0.750. The molecule has 0 unspecified atom stereocenters. The van der Waals surface area contributed by atoms with E-state index in [9.17, 15) is 18.0 Å². The molecule has 4 nitrogen and oxygen atoms in total. The molecule has 0 radical (unpaired) electrons. The average Bonchev–Trinajstić information content (AvgIpc) is 2.93. The predicted molar refractivity (Wildman–Crippen MR) is 83.4 cm³/mol. The molecule has 0 atom stereocenters. The molecule has 0 saturated carbocycles. The lowest BCUT2D eigenvalue weighted by molar-refractivity contribution is -0.141. The van der Waals surface area contributed by atoms with E-state index in [4.69, 9.17) is 0 Å². The van der Waals surface area contributed by atoms with E-state index in [0.717, 1.165) is 11.3 Å². The van der Waals surface area contributed by atoms with Crippen LogP contribution in [0.5, 0.6) is 0 Å². The monoisotopic (exact) mass is 343 g/mol. The van der Waals surface area contributed by atoms with Gasteiger partial charge in [0.2, 0.25) is 0 Å². The van der Waals surface area contributed by atoms with Gasteiger partial charge in [0.25, 0.3) is 5.91 Å². The molecular weight excluding hydrogens is 327 g/mol. The van der Waals surface area contributed by atoms with Crippen molar-refractivity contribution in [2.24, 2.45) is 0 Å². The molecule has 0 fully saturated rings. The van der Waals surface area contributed by atoms with Gasteiger partial charge in [0.15, 0.2) is 5.69 Å². The Morgan fingerprint density at radius 2 is 1.91 bits per heavy atom. The maximum absolute atomic E-state index is 13.1. The minimum atomic E-state index is -4.67. The van der Waals surface area contributed by atoms with Crippen molar-refractivity contribution in [3.05, 3.63) is 40.9 Å². The number of likely N-dealkylation sites (N-methyl/N-ethyl adjacent to an activating group) is 1. The summed E-state index contributed by atoms with van der Waals surface area (Å²) in [6.07, 6.45) is -4.67. The van der Waals surface area contributed by atoms with Crippen LogP contribution in [0.2, 0.25) is 0 Å². The highest BCUT2D eigenvalue weighted by atomic mass is 32.1. The Labute approximate surface area is 136 Å². The number of halogens is 3. The summed E-state index contributed by atoms with van der Waals surface area (Å²) in [7, 11) is 3.63. The largest absolute Gasteiger partial charge is 0.435 e. The van der Waals surface area contributed by atoms with Crippen molar-refractivity contribution in [2.75, 3.05) is 27.2 Å². The van der Waals surface area contributed by atoms with Crippen molar-refractivity contribution >= 4 is 17.2 Å². The molecule has 0 aliphatic rings. The first-order valence-corrected chi connectivity index (χ1v) is 7.67. The quantitative estimate of drug-likeness (QED) is 0.907. The highest BCUT2D eigenvalue weighted by Crippen LogP contribution is 2.37. The molecule has 0 spiro atoms. The lowest BCUT2D eigenvalue weighted by Gasteiger charge is -2.10. The summed E-state index contributed by atoms with van der Waals surface area (Å²) in [5.74, 6) is -0.751. The molecule has 1 amide bonds. The number of carbonyl (C=O) groups is 1. The van der Waals surface area contributed by atoms with Crippen molar-refractivity contribution in [1.29, 1.82) is 0 Å². The van der Waals surface area contributed by atoms with Gasteiger partial charge in [-0.3, -0.25) is 4.79 Å². The number of aromatic nitrogens is 1. The Balaban J connectivity index is 2.30. The van der Waals surface area contributed by atoms with Crippen LogP contribution in [0.4, 0.5) is 13.2 Å². The second kappa shape index (κ2) is 7.10. The van der Waals surface area contributed by atoms with Crippen LogP contribution in [0, 0.1) is 0 Å². The van der Waals surface area contributed by atoms with Crippen molar-refractivity contribution in [3.63, 3.8) is 0 Å². The van der Waals surface area contributed by atoms with Crippen molar-refractivity contribution < 1.29 is 18.0 Å². The Bertz CT molecular complexity index is 668. The zero-order valence-electron chi connectivity index (χ0n) is 12.6. The van der Waals surface area contributed by atoms with E-state index < -0.39 is 22.7 Å². The minimum Gasteiger partial charge on any atom is -0.350 e. The second-order valence-electron chi connectivity index (χ2n) is 5.12. The van der Waals surface area contributed by atoms with Gasteiger partial charge in [0.05, 0.1) is 0 Å². The first-order chi connectivity index (χ1) is 10.8. The van der Waals surface area contributed by atoms with Crippen LogP contribution in [0.3, 0.4) is 0 Å². The fraction of sp³-hybridized carbons (Fsp3) is 0.333. The standard InChI is InChI=1S/C15H16F3N3OS/c1-21(2)9-8-19-13(22)11-12(15(16,17)18)20-14(23-11)10-6-4-3-5-7-10/h3-7H,8-9H2,1-2H3,(H,19,22). The number of rotatable bonds is 5. The molecule has 0 aliphatic heterocycles. The number of nitrogens with one attached hydrogen (secondary N) is 1. The van der Waals surface area contributed by atoms with E-state index in [0.29, 0.717) is 12.1 Å². The van der Waals surface area contributed by atoms with Crippen LogP contribution in [0.1, 0.15) is 15.4 Å². The second-order valence-corrected chi connectivity index (χ2v) is 6.12. The number of hydrogen-bond donors (Lipinski definition) is 1. The van der Waals surface area contributed by atoms with E-state index in [-0.39, 0.29) is 11.6 Å². The van der Waals surface area contributed by atoms with Crippen LogP contribution in [-0.2, 0) is 6.18 Å². The first kappa shape index (κ1) is 17.4. The van der Waals surface area contributed by atoms with E-state index >= 15 is 0 Å². The summed E-state index contributed by atoms with van der Waals surface area (Å²) in [5.41, 5.74) is -0.584. The fourth-order valence-electron chi connectivity index (χ4n) is 1.84. The van der Waals surface area contributed by atoms with Gasteiger partial charge in [0, 0.05) is 18.7 Å². The maximum Gasteiger partial charge on any atom is 0.435 e. The zero-order chi connectivity index (χ0) is 17.0. The molecule has 23 heavy (non-hydrogen) atoms. The molecule has 1 heterocycles. The lowest BCUT2D eigenvalue weighted by Crippen LogP contribution is -2.32. The Morgan fingerprint density at radius 1 is 1.26 bits per heavy atom. The lowest BCUT2D eigenvalue weighted by atomic mass is 10.2. The van der Waals surface area contributed by atoms with Gasteiger partial charge in [-0.25, -0.2) is 4.98 Å². The summed E-state index contributed by atoms with van der Waals surface area (Å²) in [6.45, 7) is 0.805. The van der Waals surface area contributed by atoms with Gasteiger partial charge < -0.3 is 10.2 Å². The van der Waals surface area contributed by atoms with Gasteiger partial charge in [-0.05, 0) is 14.1 Å². The third-order valence-corrected chi connectivity index (χ3v) is 4.07. The maximum atomic E-state index is 13.1. The molecule has 0 aliphatic carbocycles. The molecule has 0 saturated heterocycles. The summed E-state index contributed by atoms with van der Waals surface area (Å²) < 4.78 is 39.4. The number of benzene rings is 1. The number of hydrogen-bond acceptors (Lipinski definition) is 4. The van der Waals surface area contributed by atoms with Gasteiger partial charge >= 0.3 is 6.18 Å². The molecule has 2 aromatic rings. The SMILES string of the molecule is CN(C)CCNC(=O)c1sc(-c2ccccc2)nc1C(F)(F)F. The molecule has 0 bridgehead atoms. The molecule has 1 N–H and O–H groups in total. The molecule has 1 aromatic heterocycles. The predicted octanol–water partition coefficient (Wildman–Crippen LogP) is 3.12. The number of nitrogens with zero attached hydrogens (tertiary/aromatic N) is 2. The van der Waals surface area contributed by atoms with Crippen LogP contribution >= 0.6 is 11.3 Å². The van der Waals surface area contributed by atoms with Crippen LogP contribution < -0.4 is 5.32 Å². The number of carbonyl (C=O) groups excluding carboxylic acids is 1. The number of amides is 1. The van der Waals surface area contributed by atoms with Crippen molar-refractivity contribution in [1.82, 2.24) is 15.2 Å². The van der Waals surface area contributed by atoms with Crippen LogP contribution in [0.15, 0.2) is 30.3 Å². The van der Waals surface area contributed by atoms with Crippen LogP contribution in [0.25, 0.3) is 10.6 Å². The highest BCUT2D eigenvalue weighted by molar-refractivity contribution is 7.17. The molecule has 124 valence electrons. The molecule has 8 heteroatoms. The van der Waals surface area contributed by atoms with Gasteiger partial charge in [-0.15, -0.1) is 11.3 Å². The van der Waals surface area contributed by atoms with E-state index in [2.05, 4.69) is 10.3 Å².